The van der Waals surface area contributed by atoms with Crippen LogP contribution in [-0.2, 0) is 0 Å². The molecule has 0 amide bonds. The van der Waals surface area contributed by atoms with Crippen molar-refractivity contribution in [2.45, 2.75) is 38.5 Å². The maximum atomic E-state index is 11.7. The smallest absolute Gasteiger partial charge is 0.230 e. The average molecular weight is 191 g/mol. The zero-order chi connectivity index (χ0) is 9.80. The highest BCUT2D eigenvalue weighted by molar-refractivity contribution is 5.79. The Hall–Kier alpha value is -1.05. The first-order chi connectivity index (χ1) is 6.86. The van der Waals surface area contributed by atoms with E-state index >= 15 is 0 Å². The standard InChI is InChI=1S/C12H17NO/c14-12(13-8-4-5-9-13)10-11-6-2-1-3-7-11/h4-5,8-9,11H,1-3,6-7,10H2. The van der Waals surface area contributed by atoms with Gasteiger partial charge in [-0.25, -0.2) is 0 Å². The highest BCUT2D eigenvalue weighted by atomic mass is 16.1. The summed E-state index contributed by atoms with van der Waals surface area (Å²) in [7, 11) is 0. The Bertz CT molecular complexity index is 283. The minimum Gasteiger partial charge on any atom is -0.295 e. The number of carbonyl (C=O) groups excluding carboxylic acids is 1. The monoisotopic (exact) mass is 191 g/mol. The van der Waals surface area contributed by atoms with E-state index in [4.69, 9.17) is 0 Å². The van der Waals surface area contributed by atoms with E-state index in [9.17, 15) is 4.79 Å². The van der Waals surface area contributed by atoms with Crippen LogP contribution in [0.1, 0.15) is 43.3 Å². The first kappa shape index (κ1) is 9.50. The van der Waals surface area contributed by atoms with Gasteiger partial charge in [-0.15, -0.1) is 0 Å². The van der Waals surface area contributed by atoms with Crippen molar-refractivity contribution < 1.29 is 4.79 Å². The number of rotatable bonds is 2. The summed E-state index contributed by atoms with van der Waals surface area (Å²) >= 11 is 0. The topological polar surface area (TPSA) is 22.0 Å². The second-order valence-electron chi connectivity index (χ2n) is 4.19. The predicted molar refractivity (Wildman–Crippen MR) is 56.3 cm³/mol. The van der Waals surface area contributed by atoms with Crippen LogP contribution >= 0.6 is 0 Å². The van der Waals surface area contributed by atoms with E-state index in [0.717, 1.165) is 6.42 Å². The lowest BCUT2D eigenvalue weighted by molar-refractivity contribution is 0.0868. The number of nitrogens with zero attached hydrogens (tertiary/aromatic N) is 1. The number of aromatic nitrogens is 1. The summed E-state index contributed by atoms with van der Waals surface area (Å²) < 4.78 is 1.70. The molecule has 0 N–H and O–H groups in total. The first-order valence-electron chi connectivity index (χ1n) is 5.52. The molecule has 1 aromatic heterocycles. The van der Waals surface area contributed by atoms with Gasteiger partial charge in [-0.05, 0) is 30.9 Å². The second kappa shape index (κ2) is 4.45. The molecule has 0 unspecified atom stereocenters. The molecule has 2 heteroatoms. The molecule has 1 aliphatic rings. The summed E-state index contributed by atoms with van der Waals surface area (Å²) in [5.41, 5.74) is 0. The molecule has 1 saturated carbocycles. The maximum Gasteiger partial charge on any atom is 0.230 e. The molecule has 1 aromatic rings. The van der Waals surface area contributed by atoms with Gasteiger partial charge in [0.05, 0.1) is 0 Å². The van der Waals surface area contributed by atoms with Gasteiger partial charge in [0.2, 0.25) is 5.91 Å². The molecule has 0 aliphatic heterocycles. The fraction of sp³-hybridized carbons (Fsp3) is 0.583. The van der Waals surface area contributed by atoms with Crippen molar-refractivity contribution in [2.75, 3.05) is 0 Å². The SMILES string of the molecule is O=C(CC1CCCCC1)n1cccc1. The Morgan fingerprint density at radius 3 is 2.43 bits per heavy atom. The maximum absolute atomic E-state index is 11.7. The molecule has 76 valence electrons. The Morgan fingerprint density at radius 2 is 1.79 bits per heavy atom. The molecule has 1 fully saturated rings. The number of hydrogen-bond donors (Lipinski definition) is 0. The molecule has 0 atom stereocenters. The van der Waals surface area contributed by atoms with E-state index < -0.39 is 0 Å². The van der Waals surface area contributed by atoms with Crippen molar-refractivity contribution in [1.82, 2.24) is 4.57 Å². The highest BCUT2D eigenvalue weighted by Crippen LogP contribution is 2.26. The fourth-order valence-electron chi connectivity index (χ4n) is 2.24. The van der Waals surface area contributed by atoms with Crippen molar-refractivity contribution in [3.8, 4) is 0 Å². The normalized spacial score (nSPS) is 18.3. The third kappa shape index (κ3) is 2.25. The van der Waals surface area contributed by atoms with Gasteiger partial charge in [0, 0.05) is 18.8 Å². The van der Waals surface area contributed by atoms with Crippen molar-refractivity contribution >= 4 is 5.91 Å². The number of hydrogen-bond acceptors (Lipinski definition) is 1. The van der Waals surface area contributed by atoms with Gasteiger partial charge < -0.3 is 0 Å². The van der Waals surface area contributed by atoms with Crippen LogP contribution in [-0.4, -0.2) is 10.5 Å². The molecule has 0 bridgehead atoms. The van der Waals surface area contributed by atoms with Gasteiger partial charge in [0.25, 0.3) is 0 Å². The van der Waals surface area contributed by atoms with E-state index in [-0.39, 0.29) is 5.91 Å². The molecule has 0 aromatic carbocycles. The largest absolute Gasteiger partial charge is 0.295 e. The zero-order valence-electron chi connectivity index (χ0n) is 8.48. The first-order valence-corrected chi connectivity index (χ1v) is 5.52. The van der Waals surface area contributed by atoms with Gasteiger partial charge in [-0.1, -0.05) is 19.3 Å². The minimum atomic E-state index is 0.252. The van der Waals surface area contributed by atoms with Crippen LogP contribution in [0.25, 0.3) is 0 Å². The van der Waals surface area contributed by atoms with Gasteiger partial charge in [0.1, 0.15) is 0 Å². The zero-order valence-corrected chi connectivity index (χ0v) is 8.48. The lowest BCUT2D eigenvalue weighted by Crippen LogP contribution is -2.16. The molecule has 1 heterocycles. The summed E-state index contributed by atoms with van der Waals surface area (Å²) in [5, 5.41) is 0. The Balaban J connectivity index is 1.87. The van der Waals surface area contributed by atoms with Gasteiger partial charge >= 0.3 is 0 Å². The Morgan fingerprint density at radius 1 is 1.14 bits per heavy atom. The van der Waals surface area contributed by atoms with Crippen molar-refractivity contribution in [1.29, 1.82) is 0 Å². The van der Waals surface area contributed by atoms with E-state index in [1.165, 1.54) is 32.1 Å². The molecule has 0 spiro atoms. The second-order valence-corrected chi connectivity index (χ2v) is 4.19. The van der Waals surface area contributed by atoms with Crippen molar-refractivity contribution in [3.05, 3.63) is 24.5 Å². The Kier molecular flexibility index (Phi) is 3.02. The third-order valence-corrected chi connectivity index (χ3v) is 3.08. The van der Waals surface area contributed by atoms with E-state index in [1.807, 2.05) is 24.5 Å². The van der Waals surface area contributed by atoms with Crippen LogP contribution in [0.2, 0.25) is 0 Å². The molecule has 0 radical (unpaired) electrons. The summed E-state index contributed by atoms with van der Waals surface area (Å²) in [6.45, 7) is 0. The molecular formula is C12H17NO. The quantitative estimate of drug-likeness (QED) is 0.704. The molecule has 1 aliphatic carbocycles. The molecule has 14 heavy (non-hydrogen) atoms. The molecular weight excluding hydrogens is 174 g/mol. The fourth-order valence-corrected chi connectivity index (χ4v) is 2.24. The molecule has 0 saturated heterocycles. The molecule has 2 rings (SSSR count). The Labute approximate surface area is 84.9 Å². The van der Waals surface area contributed by atoms with Crippen molar-refractivity contribution in [3.63, 3.8) is 0 Å². The summed E-state index contributed by atoms with van der Waals surface area (Å²) in [4.78, 5) is 11.7. The predicted octanol–water partition coefficient (Wildman–Crippen LogP) is 3.10. The van der Waals surface area contributed by atoms with Crippen LogP contribution in [0.15, 0.2) is 24.5 Å². The van der Waals surface area contributed by atoms with E-state index in [1.54, 1.807) is 4.57 Å². The third-order valence-electron chi connectivity index (χ3n) is 3.08. The minimum absolute atomic E-state index is 0.252. The lowest BCUT2D eigenvalue weighted by Gasteiger charge is -2.20. The average Bonchev–Trinajstić information content (AvgIpc) is 2.72. The molecule has 2 nitrogen and oxygen atoms in total. The van der Waals surface area contributed by atoms with Crippen LogP contribution in [0.3, 0.4) is 0 Å². The summed E-state index contributed by atoms with van der Waals surface area (Å²) in [6.07, 6.45) is 10.9. The number of carbonyl (C=O) groups is 1. The van der Waals surface area contributed by atoms with E-state index in [2.05, 4.69) is 0 Å². The van der Waals surface area contributed by atoms with Gasteiger partial charge in [-0.2, -0.15) is 0 Å². The van der Waals surface area contributed by atoms with Crippen molar-refractivity contribution in [2.24, 2.45) is 5.92 Å². The summed E-state index contributed by atoms with van der Waals surface area (Å²) in [6, 6.07) is 3.80. The van der Waals surface area contributed by atoms with Gasteiger partial charge in [-0.3, -0.25) is 9.36 Å². The van der Waals surface area contributed by atoms with Crippen LogP contribution in [0.5, 0.6) is 0 Å². The van der Waals surface area contributed by atoms with Gasteiger partial charge in [0.15, 0.2) is 0 Å². The van der Waals surface area contributed by atoms with Crippen LogP contribution in [0.4, 0.5) is 0 Å². The van der Waals surface area contributed by atoms with Crippen LogP contribution < -0.4 is 0 Å². The van der Waals surface area contributed by atoms with Crippen LogP contribution in [0, 0.1) is 5.92 Å². The highest BCUT2D eigenvalue weighted by Gasteiger charge is 2.17. The van der Waals surface area contributed by atoms with E-state index in [0.29, 0.717) is 5.92 Å². The summed E-state index contributed by atoms with van der Waals surface area (Å²) in [5.74, 6) is 0.889. The lowest BCUT2D eigenvalue weighted by atomic mass is 9.87.